The number of carbonyl (C=O) groups excluding carboxylic acids is 1. The molecule has 0 spiro atoms. The Morgan fingerprint density at radius 3 is 2.66 bits per heavy atom. The summed E-state index contributed by atoms with van der Waals surface area (Å²) in [5, 5.41) is 6.72. The number of hydrogen-bond acceptors (Lipinski definition) is 4. The summed E-state index contributed by atoms with van der Waals surface area (Å²) < 4.78 is 19.0. The van der Waals surface area contributed by atoms with Gasteiger partial charge in [-0.2, -0.15) is 0 Å². The molecule has 1 aromatic carbocycles. The van der Waals surface area contributed by atoms with Crippen LogP contribution >= 0.6 is 0 Å². The smallest absolute Gasteiger partial charge is 0.222 e. The second-order valence-electron chi connectivity index (χ2n) is 8.41. The minimum atomic E-state index is -0.226. The fraction of sp³-hybridized carbons (Fsp3) is 0.667. The molecule has 8 heteroatoms. The lowest BCUT2D eigenvalue weighted by Crippen LogP contribution is -2.42. The highest BCUT2D eigenvalue weighted by molar-refractivity contribution is 5.79. The molecule has 2 N–H and O–H groups in total. The molecule has 32 heavy (non-hydrogen) atoms. The van der Waals surface area contributed by atoms with Gasteiger partial charge in [0, 0.05) is 45.7 Å². The number of ether oxygens (including phenoxy) is 1. The molecule has 2 saturated heterocycles. The molecule has 1 amide bonds. The lowest BCUT2D eigenvalue weighted by molar-refractivity contribution is -0.130. The van der Waals surface area contributed by atoms with Crippen molar-refractivity contribution in [3.8, 4) is 0 Å². The third-order valence-electron chi connectivity index (χ3n) is 6.08. The van der Waals surface area contributed by atoms with Gasteiger partial charge in [0.1, 0.15) is 5.82 Å². The molecule has 2 aliphatic rings. The average Bonchev–Trinajstić information content (AvgIpc) is 3.02. The molecular weight excluding hydrogens is 409 g/mol. The number of amides is 1. The Hall–Kier alpha value is -2.19. The quantitative estimate of drug-likeness (QED) is 0.346. The van der Waals surface area contributed by atoms with Gasteiger partial charge in [-0.05, 0) is 43.9 Å². The lowest BCUT2D eigenvalue weighted by atomic mass is 10.0. The number of benzene rings is 1. The van der Waals surface area contributed by atoms with E-state index in [1.54, 1.807) is 0 Å². The van der Waals surface area contributed by atoms with Crippen molar-refractivity contribution in [1.82, 2.24) is 20.4 Å². The molecule has 0 radical (unpaired) electrons. The molecule has 1 aromatic rings. The van der Waals surface area contributed by atoms with Crippen LogP contribution in [0, 0.1) is 5.82 Å². The molecule has 2 fully saturated rings. The van der Waals surface area contributed by atoms with Crippen molar-refractivity contribution in [3.63, 3.8) is 0 Å². The average molecular weight is 448 g/mol. The van der Waals surface area contributed by atoms with E-state index in [2.05, 4.69) is 15.5 Å². The summed E-state index contributed by atoms with van der Waals surface area (Å²) in [4.78, 5) is 21.4. The Balaban J connectivity index is 1.56. The van der Waals surface area contributed by atoms with E-state index in [9.17, 15) is 9.18 Å². The Morgan fingerprint density at radius 1 is 1.12 bits per heavy atom. The number of hydrogen-bond donors (Lipinski definition) is 2. The number of halogens is 1. The second kappa shape index (κ2) is 13.4. The van der Waals surface area contributed by atoms with Gasteiger partial charge in [0.25, 0.3) is 0 Å². The van der Waals surface area contributed by atoms with Crippen LogP contribution in [-0.4, -0.2) is 80.7 Å². The summed E-state index contributed by atoms with van der Waals surface area (Å²) >= 11 is 0. The van der Waals surface area contributed by atoms with Gasteiger partial charge < -0.3 is 20.3 Å². The maximum atomic E-state index is 13.5. The monoisotopic (exact) mass is 447 g/mol. The zero-order valence-electron chi connectivity index (χ0n) is 19.3. The first-order valence-electron chi connectivity index (χ1n) is 12.0. The molecule has 178 valence electrons. The Morgan fingerprint density at radius 2 is 1.91 bits per heavy atom. The number of likely N-dealkylation sites (tertiary alicyclic amines) is 1. The number of aliphatic imine (C=N–C) groups is 1. The van der Waals surface area contributed by atoms with Gasteiger partial charge in [0.05, 0.1) is 25.8 Å². The molecule has 1 atom stereocenters. The van der Waals surface area contributed by atoms with Crippen molar-refractivity contribution in [3.05, 3.63) is 35.6 Å². The summed E-state index contributed by atoms with van der Waals surface area (Å²) in [7, 11) is 0. The van der Waals surface area contributed by atoms with Gasteiger partial charge in [0.2, 0.25) is 5.91 Å². The van der Waals surface area contributed by atoms with Gasteiger partial charge in [0.15, 0.2) is 5.96 Å². The highest BCUT2D eigenvalue weighted by Crippen LogP contribution is 2.22. The first-order chi connectivity index (χ1) is 15.7. The van der Waals surface area contributed by atoms with E-state index in [4.69, 9.17) is 9.73 Å². The number of nitrogens with zero attached hydrogens (tertiary/aromatic N) is 3. The zero-order chi connectivity index (χ0) is 22.6. The van der Waals surface area contributed by atoms with Gasteiger partial charge in [-0.25, -0.2) is 4.39 Å². The van der Waals surface area contributed by atoms with E-state index < -0.39 is 0 Å². The highest BCUT2D eigenvalue weighted by Gasteiger charge is 2.23. The molecule has 3 rings (SSSR count). The Bertz CT molecular complexity index is 722. The predicted molar refractivity (Wildman–Crippen MR) is 125 cm³/mol. The third kappa shape index (κ3) is 7.74. The summed E-state index contributed by atoms with van der Waals surface area (Å²) in [5.41, 5.74) is 1.06. The van der Waals surface area contributed by atoms with Crippen LogP contribution < -0.4 is 10.6 Å². The molecule has 0 aliphatic carbocycles. The third-order valence-corrected chi connectivity index (χ3v) is 6.08. The summed E-state index contributed by atoms with van der Waals surface area (Å²) in [6, 6.07) is 6.80. The fourth-order valence-corrected chi connectivity index (χ4v) is 4.28. The van der Waals surface area contributed by atoms with Gasteiger partial charge in [-0.15, -0.1) is 0 Å². The fourth-order valence-electron chi connectivity index (χ4n) is 4.28. The van der Waals surface area contributed by atoms with E-state index in [1.807, 2.05) is 24.0 Å². The van der Waals surface area contributed by atoms with Crippen LogP contribution in [0.15, 0.2) is 29.3 Å². The van der Waals surface area contributed by atoms with Crippen LogP contribution in [0.4, 0.5) is 4.39 Å². The maximum Gasteiger partial charge on any atom is 0.222 e. The van der Waals surface area contributed by atoms with Crippen molar-refractivity contribution in [2.45, 2.75) is 45.1 Å². The largest absolute Gasteiger partial charge is 0.379 e. The van der Waals surface area contributed by atoms with Crippen molar-refractivity contribution in [2.75, 3.05) is 59.0 Å². The number of nitrogens with one attached hydrogen (secondary N) is 2. The summed E-state index contributed by atoms with van der Waals surface area (Å²) in [5.74, 6) is 0.835. The normalized spacial score (nSPS) is 19.5. The molecule has 2 aliphatic heterocycles. The van der Waals surface area contributed by atoms with Crippen molar-refractivity contribution in [2.24, 2.45) is 4.99 Å². The van der Waals surface area contributed by atoms with E-state index in [1.165, 1.54) is 12.1 Å². The van der Waals surface area contributed by atoms with Gasteiger partial charge in [-0.1, -0.05) is 18.6 Å². The van der Waals surface area contributed by atoms with Crippen LogP contribution in [0.2, 0.25) is 0 Å². The van der Waals surface area contributed by atoms with E-state index in [-0.39, 0.29) is 17.8 Å². The van der Waals surface area contributed by atoms with Crippen LogP contribution in [0.5, 0.6) is 0 Å². The van der Waals surface area contributed by atoms with Gasteiger partial charge in [-0.3, -0.25) is 14.7 Å². The van der Waals surface area contributed by atoms with Crippen molar-refractivity contribution < 1.29 is 13.9 Å². The molecular formula is C24H38FN5O2. The van der Waals surface area contributed by atoms with Crippen LogP contribution in [0.1, 0.15) is 50.6 Å². The molecule has 0 aromatic heterocycles. The summed E-state index contributed by atoms with van der Waals surface area (Å²) in [6.45, 7) is 8.91. The number of rotatable bonds is 9. The highest BCUT2D eigenvalue weighted by atomic mass is 19.1. The minimum absolute atomic E-state index is 0.0738. The van der Waals surface area contributed by atoms with E-state index in [0.29, 0.717) is 26.2 Å². The first-order valence-corrected chi connectivity index (χ1v) is 12.0. The molecule has 2 heterocycles. The number of morpholine rings is 1. The van der Waals surface area contributed by atoms with E-state index in [0.717, 1.165) is 76.5 Å². The Kier molecular flexibility index (Phi) is 10.2. The van der Waals surface area contributed by atoms with Gasteiger partial charge >= 0.3 is 0 Å². The topological polar surface area (TPSA) is 69.2 Å². The first kappa shape index (κ1) is 24.5. The van der Waals surface area contributed by atoms with Crippen LogP contribution in [0.3, 0.4) is 0 Å². The van der Waals surface area contributed by atoms with E-state index >= 15 is 0 Å². The van der Waals surface area contributed by atoms with Crippen LogP contribution in [0.25, 0.3) is 0 Å². The minimum Gasteiger partial charge on any atom is -0.379 e. The van der Waals surface area contributed by atoms with Crippen molar-refractivity contribution >= 4 is 11.9 Å². The molecule has 7 nitrogen and oxygen atoms in total. The zero-order valence-corrected chi connectivity index (χ0v) is 19.3. The Labute approximate surface area is 191 Å². The SMILES string of the molecule is CCNC(=NCC(c1ccc(F)cc1)N1CCOCC1)NCCCN1CCCCCC1=O. The second-order valence-corrected chi connectivity index (χ2v) is 8.41. The predicted octanol–water partition coefficient (Wildman–Crippen LogP) is 2.55. The molecule has 1 unspecified atom stereocenters. The summed E-state index contributed by atoms with van der Waals surface area (Å²) in [6.07, 6.45) is 4.85. The van der Waals surface area contributed by atoms with Crippen LogP contribution in [-0.2, 0) is 9.53 Å². The number of guanidine groups is 1. The van der Waals surface area contributed by atoms with Crippen molar-refractivity contribution in [1.29, 1.82) is 0 Å². The molecule has 0 bridgehead atoms. The lowest BCUT2D eigenvalue weighted by Gasteiger charge is -2.34. The maximum absolute atomic E-state index is 13.5. The number of carbonyl (C=O) groups is 1. The molecule has 0 saturated carbocycles. The standard InChI is InChI=1S/C24H38FN5O2/c1-2-26-24(27-12-6-14-30-13-5-3-4-7-23(30)31)28-19-22(29-15-17-32-18-16-29)20-8-10-21(25)11-9-20/h8-11,22H,2-7,12-19H2,1H3,(H2,26,27,28).